The lowest BCUT2D eigenvalue weighted by Crippen LogP contribution is -2.27. The molecule has 0 unspecified atom stereocenters. The third kappa shape index (κ3) is 4.59. The van der Waals surface area contributed by atoms with Crippen molar-refractivity contribution in [2.45, 2.75) is 6.42 Å². The first kappa shape index (κ1) is 15.5. The molecule has 22 heavy (non-hydrogen) atoms. The highest BCUT2D eigenvalue weighted by Crippen LogP contribution is 2.12. The Morgan fingerprint density at radius 1 is 1.18 bits per heavy atom. The number of nitrogens with one attached hydrogen (secondary N) is 2. The summed E-state index contributed by atoms with van der Waals surface area (Å²) >= 11 is 0. The molecule has 0 aliphatic rings. The molecule has 0 aliphatic carbocycles. The number of ether oxygens (including phenoxy) is 1. The Bertz CT molecular complexity index is 644. The number of carbonyl (C=O) groups is 2. The quantitative estimate of drug-likeness (QED) is 0.853. The van der Waals surface area contributed by atoms with E-state index < -0.39 is 0 Å². The Morgan fingerprint density at radius 2 is 1.95 bits per heavy atom. The third-order valence-electron chi connectivity index (χ3n) is 2.93. The van der Waals surface area contributed by atoms with Crippen LogP contribution in [0.4, 0.5) is 5.69 Å². The number of hydrogen-bond donors (Lipinski definition) is 2. The Hall–Kier alpha value is -2.89. The average Bonchev–Trinajstić information content (AvgIpc) is 2.55. The summed E-state index contributed by atoms with van der Waals surface area (Å²) in [6.45, 7) is 0.257. The molecule has 2 aromatic rings. The van der Waals surface area contributed by atoms with Crippen LogP contribution >= 0.6 is 0 Å². The molecule has 0 fully saturated rings. The van der Waals surface area contributed by atoms with Crippen LogP contribution in [0.1, 0.15) is 16.8 Å². The molecule has 2 amide bonds. The summed E-state index contributed by atoms with van der Waals surface area (Å²) in [7, 11) is 1.54. The summed E-state index contributed by atoms with van der Waals surface area (Å²) in [6, 6.07) is 10.2. The summed E-state index contributed by atoms with van der Waals surface area (Å²) in [5, 5.41) is 5.42. The van der Waals surface area contributed by atoms with Crippen molar-refractivity contribution in [2.24, 2.45) is 0 Å². The fourth-order valence-electron chi connectivity index (χ4n) is 1.81. The number of benzene rings is 1. The number of aromatic nitrogens is 1. The van der Waals surface area contributed by atoms with Gasteiger partial charge >= 0.3 is 0 Å². The predicted octanol–water partition coefficient (Wildman–Crippen LogP) is 1.85. The van der Waals surface area contributed by atoms with Crippen LogP contribution in [0, 0.1) is 0 Å². The van der Waals surface area contributed by atoms with Gasteiger partial charge in [0.05, 0.1) is 7.11 Å². The van der Waals surface area contributed by atoms with Crippen molar-refractivity contribution >= 4 is 17.5 Å². The van der Waals surface area contributed by atoms with Crippen molar-refractivity contribution in [1.29, 1.82) is 0 Å². The molecule has 1 heterocycles. The van der Waals surface area contributed by atoms with Gasteiger partial charge in [0, 0.05) is 36.6 Å². The van der Waals surface area contributed by atoms with E-state index in [0.717, 1.165) is 0 Å². The molecular formula is C16H17N3O3. The van der Waals surface area contributed by atoms with E-state index in [2.05, 4.69) is 15.6 Å². The van der Waals surface area contributed by atoms with Gasteiger partial charge in [0.1, 0.15) is 5.75 Å². The number of rotatable bonds is 6. The molecule has 0 saturated heterocycles. The van der Waals surface area contributed by atoms with Crippen molar-refractivity contribution in [3.8, 4) is 5.75 Å². The number of anilines is 1. The second kappa shape index (κ2) is 7.78. The maximum atomic E-state index is 11.9. The Labute approximate surface area is 128 Å². The monoisotopic (exact) mass is 299 g/mol. The first-order chi connectivity index (χ1) is 10.7. The van der Waals surface area contributed by atoms with Gasteiger partial charge in [0.2, 0.25) is 5.91 Å². The smallest absolute Gasteiger partial charge is 0.251 e. The highest BCUT2D eigenvalue weighted by molar-refractivity contribution is 5.95. The number of nitrogens with zero attached hydrogens (tertiary/aromatic N) is 1. The van der Waals surface area contributed by atoms with E-state index in [0.29, 0.717) is 17.0 Å². The Kier molecular flexibility index (Phi) is 5.48. The van der Waals surface area contributed by atoms with E-state index in [9.17, 15) is 9.59 Å². The third-order valence-corrected chi connectivity index (χ3v) is 2.93. The zero-order valence-electron chi connectivity index (χ0n) is 12.2. The van der Waals surface area contributed by atoms with Crippen LogP contribution in [0.2, 0.25) is 0 Å². The standard InChI is InChI=1S/C16H17N3O3/c1-22-14-4-2-3-12(11-14)16(21)18-10-7-15(20)19-13-5-8-17-9-6-13/h2-6,8-9,11H,7,10H2,1H3,(H,18,21)(H,17,19,20). The summed E-state index contributed by atoms with van der Waals surface area (Å²) in [6.07, 6.45) is 3.39. The van der Waals surface area contributed by atoms with Gasteiger partial charge in [-0.3, -0.25) is 14.6 Å². The molecule has 2 rings (SSSR count). The normalized spacial score (nSPS) is 9.86. The molecule has 0 radical (unpaired) electrons. The Balaban J connectivity index is 1.78. The van der Waals surface area contributed by atoms with Gasteiger partial charge < -0.3 is 15.4 Å². The molecule has 1 aromatic carbocycles. The molecule has 2 N–H and O–H groups in total. The molecule has 0 bridgehead atoms. The highest BCUT2D eigenvalue weighted by atomic mass is 16.5. The van der Waals surface area contributed by atoms with Crippen LogP contribution in [0.5, 0.6) is 5.75 Å². The van der Waals surface area contributed by atoms with Gasteiger partial charge in [-0.1, -0.05) is 6.07 Å². The van der Waals surface area contributed by atoms with Gasteiger partial charge in [-0.2, -0.15) is 0 Å². The lowest BCUT2D eigenvalue weighted by atomic mass is 10.2. The number of amides is 2. The Morgan fingerprint density at radius 3 is 2.68 bits per heavy atom. The van der Waals surface area contributed by atoms with E-state index in [-0.39, 0.29) is 24.8 Å². The van der Waals surface area contributed by atoms with E-state index in [1.807, 2.05) is 0 Å². The second-order valence-electron chi connectivity index (χ2n) is 4.52. The van der Waals surface area contributed by atoms with Crippen molar-refractivity contribution < 1.29 is 14.3 Å². The summed E-state index contributed by atoms with van der Waals surface area (Å²) in [4.78, 5) is 27.5. The van der Waals surface area contributed by atoms with Crippen LogP contribution < -0.4 is 15.4 Å². The summed E-state index contributed by atoms with van der Waals surface area (Å²) in [5.74, 6) is 0.204. The zero-order valence-corrected chi connectivity index (χ0v) is 12.2. The minimum Gasteiger partial charge on any atom is -0.497 e. The molecule has 6 nitrogen and oxygen atoms in total. The van der Waals surface area contributed by atoms with Gasteiger partial charge in [0.15, 0.2) is 0 Å². The van der Waals surface area contributed by atoms with Crippen LogP contribution in [0.15, 0.2) is 48.8 Å². The van der Waals surface area contributed by atoms with Gasteiger partial charge in [0.25, 0.3) is 5.91 Å². The van der Waals surface area contributed by atoms with E-state index in [4.69, 9.17) is 4.74 Å². The number of methoxy groups -OCH3 is 1. The average molecular weight is 299 g/mol. The zero-order chi connectivity index (χ0) is 15.8. The molecule has 0 atom stereocenters. The molecule has 114 valence electrons. The van der Waals surface area contributed by atoms with E-state index in [1.165, 1.54) is 0 Å². The topological polar surface area (TPSA) is 80.3 Å². The molecule has 0 aliphatic heterocycles. The van der Waals surface area contributed by atoms with Crippen LogP contribution in [0.3, 0.4) is 0 Å². The fraction of sp³-hybridized carbons (Fsp3) is 0.188. The summed E-state index contributed by atoms with van der Waals surface area (Å²) < 4.78 is 5.06. The molecule has 0 saturated carbocycles. The van der Waals surface area contributed by atoms with Crippen LogP contribution in [-0.2, 0) is 4.79 Å². The maximum Gasteiger partial charge on any atom is 0.251 e. The van der Waals surface area contributed by atoms with Gasteiger partial charge in [-0.15, -0.1) is 0 Å². The minimum atomic E-state index is -0.240. The number of carbonyl (C=O) groups excluding carboxylic acids is 2. The highest BCUT2D eigenvalue weighted by Gasteiger charge is 2.07. The molecule has 1 aromatic heterocycles. The minimum absolute atomic E-state index is 0.169. The molecule has 6 heteroatoms. The maximum absolute atomic E-state index is 11.9. The lowest BCUT2D eigenvalue weighted by molar-refractivity contribution is -0.116. The largest absolute Gasteiger partial charge is 0.497 e. The molecule has 0 spiro atoms. The van der Waals surface area contributed by atoms with Crippen molar-refractivity contribution in [3.05, 3.63) is 54.4 Å². The number of hydrogen-bond acceptors (Lipinski definition) is 4. The SMILES string of the molecule is COc1cccc(C(=O)NCCC(=O)Nc2ccncc2)c1. The second-order valence-corrected chi connectivity index (χ2v) is 4.52. The van der Waals surface area contributed by atoms with Crippen molar-refractivity contribution in [2.75, 3.05) is 19.0 Å². The first-order valence-electron chi connectivity index (χ1n) is 6.81. The van der Waals surface area contributed by atoms with E-state index >= 15 is 0 Å². The number of pyridine rings is 1. The first-order valence-corrected chi connectivity index (χ1v) is 6.81. The van der Waals surface area contributed by atoms with E-state index in [1.54, 1.807) is 55.9 Å². The van der Waals surface area contributed by atoms with Crippen LogP contribution in [-0.4, -0.2) is 30.5 Å². The fourth-order valence-corrected chi connectivity index (χ4v) is 1.81. The van der Waals surface area contributed by atoms with Crippen molar-refractivity contribution in [1.82, 2.24) is 10.3 Å². The molecular weight excluding hydrogens is 282 g/mol. The van der Waals surface area contributed by atoms with Gasteiger partial charge in [-0.25, -0.2) is 0 Å². The summed E-state index contributed by atoms with van der Waals surface area (Å²) in [5.41, 5.74) is 1.17. The lowest BCUT2D eigenvalue weighted by Gasteiger charge is -2.07. The van der Waals surface area contributed by atoms with Crippen LogP contribution in [0.25, 0.3) is 0 Å². The van der Waals surface area contributed by atoms with Gasteiger partial charge in [-0.05, 0) is 30.3 Å². The predicted molar refractivity (Wildman–Crippen MR) is 82.8 cm³/mol. The van der Waals surface area contributed by atoms with Crippen molar-refractivity contribution in [3.63, 3.8) is 0 Å².